The monoisotopic (exact) mass is 220 g/mol. The first-order valence-corrected chi connectivity index (χ1v) is 6.07. The third-order valence-electron chi connectivity index (χ3n) is 3.26. The third kappa shape index (κ3) is 2.43. The van der Waals surface area contributed by atoms with Crippen LogP contribution in [0.4, 0.5) is 11.6 Å². The highest BCUT2D eigenvalue weighted by Crippen LogP contribution is 2.23. The molecule has 1 aliphatic rings. The van der Waals surface area contributed by atoms with E-state index in [1.54, 1.807) is 6.33 Å². The highest BCUT2D eigenvalue weighted by Gasteiger charge is 2.18. The predicted octanol–water partition coefficient (Wildman–Crippen LogP) is 2.29. The highest BCUT2D eigenvalue weighted by atomic mass is 15.2. The lowest BCUT2D eigenvalue weighted by Gasteiger charge is -2.28. The van der Waals surface area contributed by atoms with Gasteiger partial charge in [-0.2, -0.15) is 0 Å². The Hall–Kier alpha value is -1.32. The predicted molar refractivity (Wildman–Crippen MR) is 66.9 cm³/mol. The van der Waals surface area contributed by atoms with Crippen molar-refractivity contribution in [1.82, 2.24) is 9.97 Å². The maximum Gasteiger partial charge on any atom is 0.134 e. The van der Waals surface area contributed by atoms with Crippen LogP contribution in [0.3, 0.4) is 0 Å². The van der Waals surface area contributed by atoms with E-state index in [-0.39, 0.29) is 0 Å². The number of anilines is 2. The van der Waals surface area contributed by atoms with Gasteiger partial charge in [0.1, 0.15) is 18.0 Å². The Morgan fingerprint density at radius 3 is 3.00 bits per heavy atom. The van der Waals surface area contributed by atoms with Crippen molar-refractivity contribution in [3.8, 4) is 0 Å². The standard InChI is InChI=1S/C12H20N4/c1-10-6-4-3-5-7-16(10)12-8-11(13-2)14-9-15-12/h8-10H,3-7H2,1-2H3,(H,13,14,15). The molecule has 1 N–H and O–H groups in total. The molecule has 88 valence electrons. The van der Waals surface area contributed by atoms with Crippen LogP contribution in [0.15, 0.2) is 12.4 Å². The zero-order chi connectivity index (χ0) is 11.4. The maximum atomic E-state index is 4.38. The summed E-state index contributed by atoms with van der Waals surface area (Å²) >= 11 is 0. The summed E-state index contributed by atoms with van der Waals surface area (Å²) in [6.45, 7) is 3.40. The molecule has 0 aromatic carbocycles. The van der Waals surface area contributed by atoms with Gasteiger partial charge >= 0.3 is 0 Å². The van der Waals surface area contributed by atoms with Crippen LogP contribution in [0, 0.1) is 0 Å². The van der Waals surface area contributed by atoms with Crippen LogP contribution in [-0.2, 0) is 0 Å². The van der Waals surface area contributed by atoms with Crippen LogP contribution in [0.5, 0.6) is 0 Å². The van der Waals surface area contributed by atoms with Gasteiger partial charge < -0.3 is 10.2 Å². The van der Waals surface area contributed by atoms with E-state index >= 15 is 0 Å². The molecule has 2 rings (SSSR count). The Kier molecular flexibility index (Phi) is 3.59. The van der Waals surface area contributed by atoms with E-state index < -0.39 is 0 Å². The highest BCUT2D eigenvalue weighted by molar-refractivity contribution is 5.48. The number of hydrogen-bond donors (Lipinski definition) is 1. The third-order valence-corrected chi connectivity index (χ3v) is 3.26. The van der Waals surface area contributed by atoms with Gasteiger partial charge in [0.15, 0.2) is 0 Å². The lowest BCUT2D eigenvalue weighted by molar-refractivity contribution is 0.611. The van der Waals surface area contributed by atoms with Gasteiger partial charge in [-0.25, -0.2) is 9.97 Å². The van der Waals surface area contributed by atoms with Gasteiger partial charge in [0, 0.05) is 25.7 Å². The summed E-state index contributed by atoms with van der Waals surface area (Å²) in [4.78, 5) is 10.9. The lowest BCUT2D eigenvalue weighted by atomic mass is 10.1. The van der Waals surface area contributed by atoms with Gasteiger partial charge in [-0.1, -0.05) is 12.8 Å². The summed E-state index contributed by atoms with van der Waals surface area (Å²) in [7, 11) is 1.89. The fraction of sp³-hybridized carbons (Fsp3) is 0.667. The van der Waals surface area contributed by atoms with Gasteiger partial charge in [-0.15, -0.1) is 0 Å². The van der Waals surface area contributed by atoms with Crippen LogP contribution in [0.1, 0.15) is 32.6 Å². The Morgan fingerprint density at radius 2 is 2.19 bits per heavy atom. The number of hydrogen-bond acceptors (Lipinski definition) is 4. The van der Waals surface area contributed by atoms with Crippen molar-refractivity contribution < 1.29 is 0 Å². The molecule has 1 unspecified atom stereocenters. The molecule has 0 saturated carbocycles. The topological polar surface area (TPSA) is 41.0 Å². The molecule has 0 bridgehead atoms. The normalized spacial score (nSPS) is 21.6. The van der Waals surface area contributed by atoms with Crippen LogP contribution < -0.4 is 10.2 Å². The molecule has 1 saturated heterocycles. The van der Waals surface area contributed by atoms with Crippen molar-refractivity contribution in [3.05, 3.63) is 12.4 Å². The SMILES string of the molecule is CNc1cc(N2CCCCCC2C)ncn1. The second-order valence-corrected chi connectivity index (χ2v) is 4.40. The van der Waals surface area contributed by atoms with Crippen molar-refractivity contribution in [2.24, 2.45) is 0 Å². The molecule has 0 amide bonds. The van der Waals surface area contributed by atoms with E-state index in [0.29, 0.717) is 6.04 Å². The summed E-state index contributed by atoms with van der Waals surface area (Å²) in [6.07, 6.45) is 6.84. The maximum absolute atomic E-state index is 4.38. The van der Waals surface area contributed by atoms with Gasteiger partial charge in [0.25, 0.3) is 0 Å². The number of rotatable bonds is 2. The van der Waals surface area contributed by atoms with E-state index in [1.807, 2.05) is 13.1 Å². The Balaban J connectivity index is 2.19. The van der Waals surface area contributed by atoms with Gasteiger partial charge in [0.05, 0.1) is 0 Å². The molecule has 0 spiro atoms. The van der Waals surface area contributed by atoms with Gasteiger partial charge in [-0.3, -0.25) is 0 Å². The number of nitrogens with zero attached hydrogens (tertiary/aromatic N) is 3. The quantitative estimate of drug-likeness (QED) is 0.830. The average Bonchev–Trinajstić information content (AvgIpc) is 2.54. The lowest BCUT2D eigenvalue weighted by Crippen LogP contribution is -2.33. The number of aromatic nitrogens is 2. The van der Waals surface area contributed by atoms with Crippen molar-refractivity contribution in [3.63, 3.8) is 0 Å². The molecule has 16 heavy (non-hydrogen) atoms. The summed E-state index contributed by atoms with van der Waals surface area (Å²) in [5.41, 5.74) is 0. The fourth-order valence-electron chi connectivity index (χ4n) is 2.26. The smallest absolute Gasteiger partial charge is 0.134 e. The zero-order valence-electron chi connectivity index (χ0n) is 10.1. The van der Waals surface area contributed by atoms with Crippen molar-refractivity contribution >= 4 is 11.6 Å². The largest absolute Gasteiger partial charge is 0.373 e. The summed E-state index contributed by atoms with van der Waals surface area (Å²) in [5, 5.41) is 3.06. The van der Waals surface area contributed by atoms with E-state index in [9.17, 15) is 0 Å². The minimum atomic E-state index is 0.585. The summed E-state index contributed by atoms with van der Waals surface area (Å²) in [5.74, 6) is 1.94. The molecule has 1 aliphatic heterocycles. The summed E-state index contributed by atoms with van der Waals surface area (Å²) in [6, 6.07) is 2.61. The van der Waals surface area contributed by atoms with Crippen LogP contribution in [0.2, 0.25) is 0 Å². The van der Waals surface area contributed by atoms with E-state index in [0.717, 1.165) is 18.2 Å². The van der Waals surface area contributed by atoms with Crippen molar-refractivity contribution in [1.29, 1.82) is 0 Å². The van der Waals surface area contributed by atoms with E-state index in [2.05, 4.69) is 27.1 Å². The number of nitrogens with one attached hydrogen (secondary N) is 1. The molecule has 0 aliphatic carbocycles. The second-order valence-electron chi connectivity index (χ2n) is 4.40. The average molecular weight is 220 g/mol. The molecule has 4 heteroatoms. The Bertz CT molecular complexity index is 340. The van der Waals surface area contributed by atoms with Crippen molar-refractivity contribution in [2.45, 2.75) is 38.6 Å². The van der Waals surface area contributed by atoms with Crippen LogP contribution >= 0.6 is 0 Å². The van der Waals surface area contributed by atoms with Crippen molar-refractivity contribution in [2.75, 3.05) is 23.8 Å². The minimum absolute atomic E-state index is 0.585. The van der Waals surface area contributed by atoms with E-state index in [4.69, 9.17) is 0 Å². The van der Waals surface area contributed by atoms with E-state index in [1.165, 1.54) is 25.7 Å². The zero-order valence-corrected chi connectivity index (χ0v) is 10.1. The summed E-state index contributed by atoms with van der Waals surface area (Å²) < 4.78 is 0. The molecule has 1 aromatic rings. The fourth-order valence-corrected chi connectivity index (χ4v) is 2.26. The Labute approximate surface area is 97.1 Å². The molecular formula is C12H20N4. The van der Waals surface area contributed by atoms with Crippen LogP contribution in [0.25, 0.3) is 0 Å². The molecular weight excluding hydrogens is 200 g/mol. The first-order chi connectivity index (χ1) is 7.81. The second kappa shape index (κ2) is 5.14. The molecule has 1 aromatic heterocycles. The first-order valence-electron chi connectivity index (χ1n) is 6.07. The minimum Gasteiger partial charge on any atom is -0.373 e. The van der Waals surface area contributed by atoms with Gasteiger partial charge in [0.2, 0.25) is 0 Å². The Morgan fingerprint density at radius 1 is 1.31 bits per heavy atom. The molecule has 4 nitrogen and oxygen atoms in total. The molecule has 2 heterocycles. The van der Waals surface area contributed by atoms with Gasteiger partial charge in [-0.05, 0) is 19.8 Å². The molecule has 1 atom stereocenters. The molecule has 1 fully saturated rings. The first kappa shape index (κ1) is 11.2. The van der Waals surface area contributed by atoms with Crippen LogP contribution in [-0.4, -0.2) is 29.6 Å². The molecule has 0 radical (unpaired) electrons.